The van der Waals surface area contributed by atoms with Gasteiger partial charge < -0.3 is 14.5 Å². The average molecular weight is 246 g/mol. The molecule has 3 rings (SSSR count). The number of methoxy groups -OCH3 is 1. The van der Waals surface area contributed by atoms with Gasteiger partial charge in [-0.2, -0.15) is 0 Å². The van der Waals surface area contributed by atoms with Gasteiger partial charge in [0, 0.05) is 6.07 Å². The van der Waals surface area contributed by atoms with Crippen molar-refractivity contribution < 1.29 is 9.15 Å². The molecule has 96 valence electrons. The van der Waals surface area contributed by atoms with E-state index in [1.165, 1.54) is 6.42 Å². The van der Waals surface area contributed by atoms with Gasteiger partial charge in [-0.3, -0.25) is 0 Å². The number of aromatic nitrogens is 1. The van der Waals surface area contributed by atoms with Crippen LogP contribution in [0.2, 0.25) is 0 Å². The fourth-order valence-corrected chi connectivity index (χ4v) is 2.50. The van der Waals surface area contributed by atoms with E-state index in [4.69, 9.17) is 9.15 Å². The third kappa shape index (κ3) is 2.08. The van der Waals surface area contributed by atoms with Crippen molar-refractivity contribution in [2.75, 3.05) is 13.7 Å². The maximum Gasteiger partial charge on any atom is 0.212 e. The molecule has 2 aromatic rings. The zero-order chi connectivity index (χ0) is 12.5. The second kappa shape index (κ2) is 4.61. The van der Waals surface area contributed by atoms with E-state index in [2.05, 4.69) is 17.2 Å². The average Bonchev–Trinajstić information content (AvgIpc) is 2.81. The standard InChI is InChI=1S/C14H18N2O2/c1-9-5-6-15-12(7-9)14-16-11-8-10(17-2)3-4-13(11)18-14/h3-4,8-9,12,15H,5-7H2,1-2H3. The van der Waals surface area contributed by atoms with Gasteiger partial charge in [-0.1, -0.05) is 6.92 Å². The second-order valence-corrected chi connectivity index (χ2v) is 5.02. The van der Waals surface area contributed by atoms with Crippen LogP contribution in [0.3, 0.4) is 0 Å². The molecule has 1 aromatic heterocycles. The van der Waals surface area contributed by atoms with Crippen LogP contribution >= 0.6 is 0 Å². The van der Waals surface area contributed by atoms with Crippen molar-refractivity contribution in [3.63, 3.8) is 0 Å². The zero-order valence-corrected chi connectivity index (χ0v) is 10.8. The molecule has 2 unspecified atom stereocenters. The Balaban J connectivity index is 1.92. The second-order valence-electron chi connectivity index (χ2n) is 5.02. The molecule has 0 bridgehead atoms. The minimum Gasteiger partial charge on any atom is -0.497 e. The maximum atomic E-state index is 5.83. The van der Waals surface area contributed by atoms with Crippen molar-refractivity contribution in [2.45, 2.75) is 25.8 Å². The molecule has 4 nitrogen and oxygen atoms in total. The summed E-state index contributed by atoms with van der Waals surface area (Å²) >= 11 is 0. The SMILES string of the molecule is COc1ccc2oc(C3CC(C)CCN3)nc2c1. The molecule has 1 aromatic carbocycles. The highest BCUT2D eigenvalue weighted by atomic mass is 16.5. The molecular formula is C14H18N2O2. The van der Waals surface area contributed by atoms with Crippen molar-refractivity contribution in [2.24, 2.45) is 5.92 Å². The Bertz CT molecular complexity index is 550. The monoisotopic (exact) mass is 246 g/mol. The van der Waals surface area contributed by atoms with Gasteiger partial charge in [-0.15, -0.1) is 0 Å². The fourth-order valence-electron chi connectivity index (χ4n) is 2.50. The summed E-state index contributed by atoms with van der Waals surface area (Å²) in [4.78, 5) is 4.57. The lowest BCUT2D eigenvalue weighted by Gasteiger charge is -2.25. The van der Waals surface area contributed by atoms with Crippen molar-refractivity contribution in [1.82, 2.24) is 10.3 Å². The Morgan fingerprint density at radius 3 is 3.11 bits per heavy atom. The molecule has 1 saturated heterocycles. The Morgan fingerprint density at radius 2 is 2.33 bits per heavy atom. The summed E-state index contributed by atoms with van der Waals surface area (Å²) in [6.07, 6.45) is 2.31. The highest BCUT2D eigenvalue weighted by Crippen LogP contribution is 2.29. The first kappa shape index (κ1) is 11.5. The normalized spacial score (nSPS) is 24.3. The van der Waals surface area contributed by atoms with Crippen molar-refractivity contribution >= 4 is 11.1 Å². The molecule has 1 aliphatic heterocycles. The molecule has 18 heavy (non-hydrogen) atoms. The lowest BCUT2D eigenvalue weighted by Crippen LogP contribution is -2.30. The summed E-state index contributed by atoms with van der Waals surface area (Å²) in [5, 5.41) is 3.47. The van der Waals surface area contributed by atoms with Gasteiger partial charge >= 0.3 is 0 Å². The molecule has 0 radical (unpaired) electrons. The predicted molar refractivity (Wildman–Crippen MR) is 69.7 cm³/mol. The number of nitrogens with one attached hydrogen (secondary N) is 1. The quantitative estimate of drug-likeness (QED) is 0.885. The molecule has 0 spiro atoms. The maximum absolute atomic E-state index is 5.83. The minimum atomic E-state index is 0.243. The Kier molecular flexibility index (Phi) is 2.96. The predicted octanol–water partition coefficient (Wildman–Crippen LogP) is 2.90. The zero-order valence-electron chi connectivity index (χ0n) is 10.8. The number of fused-ring (bicyclic) bond motifs is 1. The van der Waals surface area contributed by atoms with Crippen LogP contribution in [-0.2, 0) is 0 Å². The molecule has 2 atom stereocenters. The number of piperidine rings is 1. The summed E-state index contributed by atoms with van der Waals surface area (Å²) in [6, 6.07) is 5.96. The van der Waals surface area contributed by atoms with Gasteiger partial charge in [0.25, 0.3) is 0 Å². The van der Waals surface area contributed by atoms with Crippen LogP contribution in [0.15, 0.2) is 22.6 Å². The summed E-state index contributed by atoms with van der Waals surface area (Å²) < 4.78 is 11.0. The van der Waals surface area contributed by atoms with Crippen LogP contribution in [0.25, 0.3) is 11.1 Å². The van der Waals surface area contributed by atoms with E-state index in [0.717, 1.165) is 41.6 Å². The van der Waals surface area contributed by atoms with Gasteiger partial charge in [-0.25, -0.2) is 4.98 Å². The van der Waals surface area contributed by atoms with E-state index in [0.29, 0.717) is 0 Å². The van der Waals surface area contributed by atoms with Crippen LogP contribution in [0.1, 0.15) is 31.7 Å². The molecule has 0 aliphatic carbocycles. The van der Waals surface area contributed by atoms with E-state index in [9.17, 15) is 0 Å². The van der Waals surface area contributed by atoms with Crippen LogP contribution in [-0.4, -0.2) is 18.6 Å². The first-order valence-corrected chi connectivity index (χ1v) is 6.44. The number of oxazole rings is 1. The number of rotatable bonds is 2. The third-order valence-corrected chi connectivity index (χ3v) is 3.58. The van der Waals surface area contributed by atoms with Gasteiger partial charge in [0.05, 0.1) is 13.2 Å². The molecule has 1 aliphatic rings. The number of hydrogen-bond acceptors (Lipinski definition) is 4. The molecule has 0 saturated carbocycles. The Hall–Kier alpha value is -1.55. The lowest BCUT2D eigenvalue weighted by atomic mass is 9.94. The summed E-state index contributed by atoms with van der Waals surface area (Å²) in [5.41, 5.74) is 1.69. The largest absolute Gasteiger partial charge is 0.497 e. The Morgan fingerprint density at radius 1 is 1.44 bits per heavy atom. The van der Waals surface area contributed by atoms with E-state index in [1.807, 2.05) is 18.2 Å². The first-order valence-electron chi connectivity index (χ1n) is 6.44. The topological polar surface area (TPSA) is 47.3 Å². The van der Waals surface area contributed by atoms with Gasteiger partial charge in [0.2, 0.25) is 5.89 Å². The van der Waals surface area contributed by atoms with Gasteiger partial charge in [-0.05, 0) is 37.4 Å². The molecule has 4 heteroatoms. The van der Waals surface area contributed by atoms with E-state index in [1.54, 1.807) is 7.11 Å². The summed E-state index contributed by atoms with van der Waals surface area (Å²) in [7, 11) is 1.66. The van der Waals surface area contributed by atoms with Gasteiger partial charge in [0.15, 0.2) is 5.58 Å². The van der Waals surface area contributed by atoms with Crippen LogP contribution < -0.4 is 10.1 Å². The van der Waals surface area contributed by atoms with Gasteiger partial charge in [0.1, 0.15) is 11.3 Å². The smallest absolute Gasteiger partial charge is 0.212 e. The van der Waals surface area contributed by atoms with E-state index < -0.39 is 0 Å². The van der Waals surface area contributed by atoms with Crippen molar-refractivity contribution in [3.8, 4) is 5.75 Å². The summed E-state index contributed by atoms with van der Waals surface area (Å²) in [5.74, 6) is 2.33. The molecule has 1 fully saturated rings. The number of ether oxygens (including phenoxy) is 1. The number of benzene rings is 1. The molecule has 2 heterocycles. The fraction of sp³-hybridized carbons (Fsp3) is 0.500. The minimum absolute atomic E-state index is 0.243. The van der Waals surface area contributed by atoms with E-state index in [-0.39, 0.29) is 6.04 Å². The van der Waals surface area contributed by atoms with Crippen molar-refractivity contribution in [3.05, 3.63) is 24.1 Å². The van der Waals surface area contributed by atoms with Crippen LogP contribution in [0.5, 0.6) is 5.75 Å². The lowest BCUT2D eigenvalue weighted by molar-refractivity contribution is 0.287. The molecule has 1 N–H and O–H groups in total. The molecular weight excluding hydrogens is 228 g/mol. The first-order chi connectivity index (χ1) is 8.76. The number of hydrogen-bond donors (Lipinski definition) is 1. The third-order valence-electron chi connectivity index (χ3n) is 3.58. The van der Waals surface area contributed by atoms with Crippen LogP contribution in [0, 0.1) is 5.92 Å². The highest BCUT2D eigenvalue weighted by Gasteiger charge is 2.24. The highest BCUT2D eigenvalue weighted by molar-refractivity contribution is 5.74. The van der Waals surface area contributed by atoms with Crippen LogP contribution in [0.4, 0.5) is 0 Å². The number of nitrogens with zero attached hydrogens (tertiary/aromatic N) is 1. The molecule has 0 amide bonds. The van der Waals surface area contributed by atoms with E-state index >= 15 is 0 Å². The summed E-state index contributed by atoms with van der Waals surface area (Å²) in [6.45, 7) is 3.31. The van der Waals surface area contributed by atoms with Crippen molar-refractivity contribution in [1.29, 1.82) is 0 Å². The Labute approximate surface area is 106 Å².